The lowest BCUT2D eigenvalue weighted by Crippen LogP contribution is -2.64. The number of anilines is 1. The number of hydrogen-bond donors (Lipinski definition) is 1. The number of aromatic nitrogens is 2. The van der Waals surface area contributed by atoms with E-state index in [1.807, 2.05) is 0 Å². The van der Waals surface area contributed by atoms with Gasteiger partial charge in [-0.15, -0.1) is 0 Å². The van der Waals surface area contributed by atoms with Crippen LogP contribution in [0.1, 0.15) is 19.5 Å². The number of aryl methyl sites for hydroxylation is 1. The van der Waals surface area contributed by atoms with Crippen molar-refractivity contribution in [3.8, 4) is 0 Å². The van der Waals surface area contributed by atoms with Crippen molar-refractivity contribution in [1.82, 2.24) is 15.3 Å². The van der Waals surface area contributed by atoms with Gasteiger partial charge in [0.05, 0.1) is 6.54 Å². The Kier molecular flexibility index (Phi) is 2.98. The number of nitrogens with one attached hydrogen (secondary N) is 1. The number of piperazine rings is 1. The van der Waals surface area contributed by atoms with Crippen molar-refractivity contribution in [2.45, 2.75) is 26.3 Å². The molecule has 0 spiro atoms. The minimum Gasteiger partial charge on any atom is -0.333 e. The standard InChI is InChI=1S/C11H13ClN4O2/c1-6-4-7(14-10(12)13-6)16-5-8(17)15-9(18)11(16,2)3/h4H,5H2,1-3H3,(H,15,17,18). The molecule has 1 fully saturated rings. The summed E-state index contributed by atoms with van der Waals surface area (Å²) in [5, 5.41) is 2.40. The van der Waals surface area contributed by atoms with E-state index in [9.17, 15) is 9.59 Å². The van der Waals surface area contributed by atoms with Crippen LogP contribution in [0.5, 0.6) is 0 Å². The first-order valence-corrected chi connectivity index (χ1v) is 5.81. The Morgan fingerprint density at radius 1 is 1.39 bits per heavy atom. The number of imide groups is 1. The van der Waals surface area contributed by atoms with E-state index in [4.69, 9.17) is 11.6 Å². The summed E-state index contributed by atoms with van der Waals surface area (Å²) in [4.78, 5) is 32.9. The Morgan fingerprint density at radius 2 is 2.06 bits per heavy atom. The molecule has 0 unspecified atom stereocenters. The van der Waals surface area contributed by atoms with Crippen LogP contribution in [0.2, 0.25) is 5.28 Å². The SMILES string of the molecule is Cc1cc(N2CC(=O)NC(=O)C2(C)C)nc(Cl)n1. The normalized spacial score (nSPS) is 18.8. The van der Waals surface area contributed by atoms with Crippen molar-refractivity contribution in [2.75, 3.05) is 11.4 Å². The second-order valence-corrected chi connectivity index (χ2v) is 5.00. The van der Waals surface area contributed by atoms with E-state index in [1.165, 1.54) is 0 Å². The molecule has 2 rings (SSSR count). The molecule has 1 aromatic heterocycles. The van der Waals surface area contributed by atoms with Crippen LogP contribution < -0.4 is 10.2 Å². The van der Waals surface area contributed by atoms with Crippen LogP contribution in [0.3, 0.4) is 0 Å². The van der Waals surface area contributed by atoms with Gasteiger partial charge >= 0.3 is 0 Å². The summed E-state index contributed by atoms with van der Waals surface area (Å²) in [7, 11) is 0. The average Bonchev–Trinajstić information content (AvgIpc) is 2.22. The van der Waals surface area contributed by atoms with Gasteiger partial charge in [0.1, 0.15) is 11.4 Å². The van der Waals surface area contributed by atoms with Gasteiger partial charge in [0.2, 0.25) is 11.2 Å². The van der Waals surface area contributed by atoms with Gasteiger partial charge in [-0.3, -0.25) is 14.9 Å². The number of hydrogen-bond acceptors (Lipinski definition) is 5. The first kappa shape index (κ1) is 12.8. The zero-order valence-electron chi connectivity index (χ0n) is 10.3. The molecule has 0 atom stereocenters. The quantitative estimate of drug-likeness (QED) is 0.599. The number of carbonyl (C=O) groups excluding carboxylic acids is 2. The zero-order chi connectivity index (χ0) is 13.5. The third-order valence-corrected chi connectivity index (χ3v) is 3.04. The maximum Gasteiger partial charge on any atom is 0.251 e. The highest BCUT2D eigenvalue weighted by Gasteiger charge is 2.41. The van der Waals surface area contributed by atoms with Crippen molar-refractivity contribution in [3.05, 3.63) is 17.0 Å². The fraction of sp³-hybridized carbons (Fsp3) is 0.455. The highest BCUT2D eigenvalue weighted by molar-refractivity contribution is 6.28. The van der Waals surface area contributed by atoms with Crippen LogP contribution >= 0.6 is 11.6 Å². The summed E-state index contributed by atoms with van der Waals surface area (Å²) < 4.78 is 0. The third kappa shape index (κ3) is 2.15. The second-order valence-electron chi connectivity index (χ2n) is 4.66. The molecule has 0 bridgehead atoms. The molecule has 2 heterocycles. The van der Waals surface area contributed by atoms with Gasteiger partial charge in [-0.25, -0.2) is 9.97 Å². The molecule has 0 aliphatic carbocycles. The smallest absolute Gasteiger partial charge is 0.251 e. The summed E-state index contributed by atoms with van der Waals surface area (Å²) in [6.45, 7) is 5.28. The first-order valence-electron chi connectivity index (χ1n) is 5.44. The van der Waals surface area contributed by atoms with Gasteiger partial charge in [0, 0.05) is 11.8 Å². The van der Waals surface area contributed by atoms with Crippen molar-refractivity contribution < 1.29 is 9.59 Å². The number of rotatable bonds is 1. The number of halogens is 1. The predicted molar refractivity (Wildman–Crippen MR) is 66.4 cm³/mol. The molecule has 1 N–H and O–H groups in total. The summed E-state index contributed by atoms with van der Waals surface area (Å²) in [5.41, 5.74) is -0.183. The molecular formula is C11H13ClN4O2. The molecule has 0 saturated carbocycles. The predicted octanol–water partition coefficient (Wildman–Crippen LogP) is 0.680. The lowest BCUT2D eigenvalue weighted by Gasteiger charge is -2.40. The monoisotopic (exact) mass is 268 g/mol. The van der Waals surface area contributed by atoms with Crippen molar-refractivity contribution in [3.63, 3.8) is 0 Å². The Balaban J connectivity index is 2.46. The first-order chi connectivity index (χ1) is 8.30. The van der Waals surface area contributed by atoms with E-state index in [0.717, 1.165) is 0 Å². The van der Waals surface area contributed by atoms with Crippen LogP contribution in [0.15, 0.2) is 6.07 Å². The lowest BCUT2D eigenvalue weighted by molar-refractivity contribution is -0.135. The maximum absolute atomic E-state index is 11.8. The lowest BCUT2D eigenvalue weighted by atomic mass is 9.99. The van der Waals surface area contributed by atoms with Crippen molar-refractivity contribution in [2.24, 2.45) is 0 Å². The molecular weight excluding hydrogens is 256 g/mol. The molecule has 18 heavy (non-hydrogen) atoms. The van der Waals surface area contributed by atoms with Crippen LogP contribution in [0, 0.1) is 6.92 Å². The van der Waals surface area contributed by atoms with E-state index in [0.29, 0.717) is 11.5 Å². The summed E-state index contributed by atoms with van der Waals surface area (Å²) in [6, 6.07) is 1.69. The molecule has 96 valence electrons. The van der Waals surface area contributed by atoms with E-state index in [2.05, 4.69) is 15.3 Å². The van der Waals surface area contributed by atoms with Gasteiger partial charge in [0.15, 0.2) is 0 Å². The number of carbonyl (C=O) groups is 2. The fourth-order valence-corrected chi connectivity index (χ4v) is 2.02. The Labute approximate surface area is 109 Å². The van der Waals surface area contributed by atoms with Crippen LogP contribution in [-0.2, 0) is 9.59 Å². The molecule has 2 amide bonds. The highest BCUT2D eigenvalue weighted by atomic mass is 35.5. The zero-order valence-corrected chi connectivity index (χ0v) is 11.1. The molecule has 1 aromatic rings. The van der Waals surface area contributed by atoms with E-state index >= 15 is 0 Å². The molecule has 0 radical (unpaired) electrons. The topological polar surface area (TPSA) is 75.2 Å². The summed E-state index contributed by atoms with van der Waals surface area (Å²) in [6.07, 6.45) is 0. The Morgan fingerprint density at radius 3 is 2.67 bits per heavy atom. The molecule has 6 nitrogen and oxygen atoms in total. The largest absolute Gasteiger partial charge is 0.333 e. The number of nitrogens with zero attached hydrogens (tertiary/aromatic N) is 3. The average molecular weight is 269 g/mol. The molecule has 7 heteroatoms. The summed E-state index contributed by atoms with van der Waals surface area (Å²) in [5.74, 6) is -0.237. The highest BCUT2D eigenvalue weighted by Crippen LogP contribution is 2.25. The Hall–Kier alpha value is -1.69. The van der Waals surface area contributed by atoms with Gasteiger partial charge in [-0.2, -0.15) is 0 Å². The summed E-state index contributed by atoms with van der Waals surface area (Å²) >= 11 is 5.80. The van der Waals surface area contributed by atoms with Crippen molar-refractivity contribution in [1.29, 1.82) is 0 Å². The third-order valence-electron chi connectivity index (χ3n) is 2.88. The van der Waals surface area contributed by atoms with Gasteiger partial charge in [-0.05, 0) is 32.4 Å². The Bertz CT molecular complexity index is 510. The maximum atomic E-state index is 11.8. The minimum atomic E-state index is -0.863. The molecule has 1 aliphatic heterocycles. The van der Waals surface area contributed by atoms with Gasteiger partial charge < -0.3 is 4.90 Å². The van der Waals surface area contributed by atoms with Gasteiger partial charge in [0.25, 0.3) is 5.91 Å². The van der Waals surface area contributed by atoms with E-state index in [1.54, 1.807) is 31.7 Å². The second kappa shape index (κ2) is 4.20. The molecule has 1 aliphatic rings. The molecule has 0 aromatic carbocycles. The number of amides is 2. The van der Waals surface area contributed by atoms with E-state index < -0.39 is 5.54 Å². The molecule has 1 saturated heterocycles. The minimum absolute atomic E-state index is 0.0610. The van der Waals surface area contributed by atoms with Crippen LogP contribution in [0.4, 0.5) is 5.82 Å². The fourth-order valence-electron chi connectivity index (χ4n) is 1.81. The van der Waals surface area contributed by atoms with Crippen molar-refractivity contribution >= 4 is 29.2 Å². The van der Waals surface area contributed by atoms with Gasteiger partial charge in [-0.1, -0.05) is 0 Å². The van der Waals surface area contributed by atoms with Crippen LogP contribution in [-0.4, -0.2) is 33.9 Å². The van der Waals surface area contributed by atoms with Crippen LogP contribution in [0.25, 0.3) is 0 Å². The van der Waals surface area contributed by atoms with E-state index in [-0.39, 0.29) is 23.6 Å².